The Labute approximate surface area is 155 Å². The van der Waals surface area contributed by atoms with Gasteiger partial charge in [-0.05, 0) is 44.5 Å². The summed E-state index contributed by atoms with van der Waals surface area (Å²) in [7, 11) is 0. The first-order valence-electron chi connectivity index (χ1n) is 8.40. The number of benzene rings is 2. The van der Waals surface area contributed by atoms with E-state index in [0.29, 0.717) is 22.6 Å². The molecule has 146 valence electrons. The summed E-state index contributed by atoms with van der Waals surface area (Å²) in [6, 6.07) is 9.52. The molecule has 2 aromatic carbocycles. The number of alkyl halides is 3. The van der Waals surface area contributed by atoms with Gasteiger partial charge < -0.3 is 14.6 Å². The van der Waals surface area contributed by atoms with Crippen LogP contribution in [-0.2, 0) is 17.6 Å². The number of carboxylic acids is 1. The van der Waals surface area contributed by atoms with E-state index in [0.717, 1.165) is 12.1 Å². The highest BCUT2D eigenvalue weighted by atomic mass is 19.4. The quantitative estimate of drug-likeness (QED) is 0.710. The van der Waals surface area contributed by atoms with Gasteiger partial charge in [0, 0.05) is 11.6 Å². The average Bonchev–Trinajstić information content (AvgIpc) is 2.58. The van der Waals surface area contributed by atoms with Crippen LogP contribution < -0.4 is 9.47 Å². The number of hydrogen-bond acceptors (Lipinski definition) is 3. The lowest BCUT2D eigenvalue weighted by Gasteiger charge is -2.17. The predicted molar refractivity (Wildman–Crippen MR) is 94.0 cm³/mol. The number of aliphatic carboxylic acids is 1. The molecule has 0 saturated heterocycles. The second-order valence-corrected chi connectivity index (χ2v) is 6.41. The van der Waals surface area contributed by atoms with Gasteiger partial charge in [0.05, 0.1) is 17.6 Å². The number of carbonyl (C=O) groups is 1. The van der Waals surface area contributed by atoms with E-state index < -0.39 is 23.6 Å². The minimum Gasteiger partial charge on any atom is -0.491 e. The summed E-state index contributed by atoms with van der Waals surface area (Å²) in [5.41, 5.74) is 0.261. The van der Waals surface area contributed by atoms with E-state index in [1.165, 1.54) is 19.1 Å². The largest absolute Gasteiger partial charge is 0.491 e. The number of hydrogen-bond donors (Lipinski definition) is 1. The fourth-order valence-corrected chi connectivity index (χ4v) is 2.43. The zero-order valence-electron chi connectivity index (χ0n) is 15.2. The van der Waals surface area contributed by atoms with Crippen molar-refractivity contribution in [1.82, 2.24) is 0 Å². The van der Waals surface area contributed by atoms with Gasteiger partial charge >= 0.3 is 12.1 Å². The van der Waals surface area contributed by atoms with E-state index in [-0.39, 0.29) is 12.7 Å². The van der Waals surface area contributed by atoms with Crippen LogP contribution in [0, 0.1) is 0 Å². The number of rotatable bonds is 7. The Bertz CT molecular complexity index is 783. The molecule has 0 saturated carbocycles. The van der Waals surface area contributed by atoms with E-state index in [4.69, 9.17) is 9.47 Å². The summed E-state index contributed by atoms with van der Waals surface area (Å²) in [5, 5.41) is 9.27. The van der Waals surface area contributed by atoms with E-state index >= 15 is 0 Å². The molecule has 1 unspecified atom stereocenters. The van der Waals surface area contributed by atoms with Crippen molar-refractivity contribution in [3.63, 3.8) is 0 Å². The summed E-state index contributed by atoms with van der Waals surface area (Å²) in [6.07, 6.45) is -4.47. The summed E-state index contributed by atoms with van der Waals surface area (Å²) in [4.78, 5) is 11.3. The van der Waals surface area contributed by atoms with Crippen molar-refractivity contribution >= 4 is 5.97 Å². The lowest BCUT2D eigenvalue weighted by Crippen LogP contribution is -2.11. The molecule has 7 heteroatoms. The molecule has 0 amide bonds. The normalized spacial score (nSPS) is 12.7. The molecule has 4 nitrogen and oxygen atoms in total. The van der Waals surface area contributed by atoms with Crippen LogP contribution in [0.2, 0.25) is 0 Å². The van der Waals surface area contributed by atoms with Crippen LogP contribution in [0.15, 0.2) is 42.5 Å². The highest BCUT2D eigenvalue weighted by Gasteiger charge is 2.30. The van der Waals surface area contributed by atoms with E-state index in [1.807, 2.05) is 13.8 Å². The molecule has 27 heavy (non-hydrogen) atoms. The van der Waals surface area contributed by atoms with Crippen LogP contribution in [-0.4, -0.2) is 17.2 Å². The Kier molecular flexibility index (Phi) is 6.36. The van der Waals surface area contributed by atoms with Gasteiger partial charge in [0.15, 0.2) is 0 Å². The van der Waals surface area contributed by atoms with Crippen LogP contribution in [0.4, 0.5) is 13.2 Å². The molecule has 0 bridgehead atoms. The molecule has 2 rings (SSSR count). The van der Waals surface area contributed by atoms with Gasteiger partial charge in [-0.25, -0.2) is 0 Å². The molecule has 2 aromatic rings. The second kappa shape index (κ2) is 8.33. The van der Waals surface area contributed by atoms with Crippen LogP contribution in [0.25, 0.3) is 0 Å². The highest BCUT2D eigenvalue weighted by Crippen LogP contribution is 2.33. The minimum atomic E-state index is -4.40. The van der Waals surface area contributed by atoms with Crippen LogP contribution in [0.5, 0.6) is 11.5 Å². The molecular weight excluding hydrogens is 361 g/mol. The maximum atomic E-state index is 12.6. The molecule has 1 atom stereocenters. The fraction of sp³-hybridized carbons (Fsp3) is 0.350. The minimum absolute atomic E-state index is 0.00259. The van der Waals surface area contributed by atoms with Crippen molar-refractivity contribution in [3.05, 3.63) is 59.2 Å². The zero-order valence-corrected chi connectivity index (χ0v) is 15.2. The third kappa shape index (κ3) is 5.64. The summed E-state index contributed by atoms with van der Waals surface area (Å²) in [5.74, 6) is -0.968. The maximum Gasteiger partial charge on any atom is 0.416 e. The topological polar surface area (TPSA) is 55.8 Å². The van der Waals surface area contributed by atoms with E-state index in [2.05, 4.69) is 0 Å². The smallest absolute Gasteiger partial charge is 0.416 e. The first-order chi connectivity index (χ1) is 12.6. The van der Waals surface area contributed by atoms with Gasteiger partial charge in [0.25, 0.3) is 0 Å². The Balaban J connectivity index is 2.23. The van der Waals surface area contributed by atoms with E-state index in [1.54, 1.807) is 18.2 Å². The first-order valence-corrected chi connectivity index (χ1v) is 8.40. The molecule has 0 aromatic heterocycles. The van der Waals surface area contributed by atoms with Crippen molar-refractivity contribution in [1.29, 1.82) is 0 Å². The van der Waals surface area contributed by atoms with E-state index in [9.17, 15) is 23.1 Å². The average molecular weight is 382 g/mol. The number of halogens is 3. The maximum absolute atomic E-state index is 12.6. The van der Waals surface area contributed by atoms with Gasteiger partial charge in [-0.1, -0.05) is 18.2 Å². The molecule has 0 spiro atoms. The summed E-state index contributed by atoms with van der Waals surface area (Å²) in [6.45, 7) is 5.25. The molecule has 0 fully saturated rings. The number of carboxylic acid groups (broad SMARTS) is 1. The summed E-state index contributed by atoms with van der Waals surface area (Å²) >= 11 is 0. The molecule has 0 aliphatic heterocycles. The van der Waals surface area contributed by atoms with Gasteiger partial charge in [-0.2, -0.15) is 13.2 Å². The lowest BCUT2D eigenvalue weighted by molar-refractivity contribution is -0.138. The van der Waals surface area contributed by atoms with Crippen molar-refractivity contribution in [3.8, 4) is 11.5 Å². The Morgan fingerprint density at radius 1 is 1.07 bits per heavy atom. The highest BCUT2D eigenvalue weighted by molar-refractivity contribution is 5.76. The number of ether oxygens (including phenoxy) is 2. The molecular formula is C20H21F3O4. The third-order valence-electron chi connectivity index (χ3n) is 3.87. The first kappa shape index (κ1) is 20.6. The SMILES string of the molecule is CC(C)Oc1ccc(C(C)C(=O)O)c(OCc2ccc(C(F)(F)F)cc2)c1. The molecule has 0 aliphatic rings. The predicted octanol–water partition coefficient (Wildman–Crippen LogP) is 5.26. The Hall–Kier alpha value is -2.70. The van der Waals surface area contributed by atoms with Crippen molar-refractivity contribution < 1.29 is 32.5 Å². The van der Waals surface area contributed by atoms with Gasteiger partial charge in [0.2, 0.25) is 0 Å². The molecule has 1 N–H and O–H groups in total. The molecule has 0 heterocycles. The van der Waals surface area contributed by atoms with Gasteiger partial charge in [0.1, 0.15) is 18.1 Å². The standard InChI is InChI=1S/C20H21F3O4/c1-12(2)27-16-8-9-17(13(3)19(24)25)18(10-16)26-11-14-4-6-15(7-5-14)20(21,22)23/h4-10,12-13H,11H2,1-3H3,(H,24,25). The van der Waals surface area contributed by atoms with Crippen LogP contribution >= 0.6 is 0 Å². The van der Waals surface area contributed by atoms with Crippen molar-refractivity contribution in [2.24, 2.45) is 0 Å². The zero-order chi connectivity index (χ0) is 20.2. The van der Waals surface area contributed by atoms with Gasteiger partial charge in [-0.3, -0.25) is 4.79 Å². The lowest BCUT2D eigenvalue weighted by atomic mass is 10.00. The monoisotopic (exact) mass is 382 g/mol. The Morgan fingerprint density at radius 3 is 2.22 bits per heavy atom. The molecule has 0 radical (unpaired) electrons. The molecule has 0 aliphatic carbocycles. The van der Waals surface area contributed by atoms with Crippen molar-refractivity contribution in [2.45, 2.75) is 45.6 Å². The van der Waals surface area contributed by atoms with Crippen molar-refractivity contribution in [2.75, 3.05) is 0 Å². The summed E-state index contributed by atoms with van der Waals surface area (Å²) < 4.78 is 49.2. The van der Waals surface area contributed by atoms with Crippen LogP contribution in [0.3, 0.4) is 0 Å². The third-order valence-corrected chi connectivity index (χ3v) is 3.87. The fourth-order valence-electron chi connectivity index (χ4n) is 2.43. The Morgan fingerprint density at radius 2 is 1.70 bits per heavy atom. The second-order valence-electron chi connectivity index (χ2n) is 6.41. The van der Waals surface area contributed by atoms with Gasteiger partial charge in [-0.15, -0.1) is 0 Å². The van der Waals surface area contributed by atoms with Crippen LogP contribution in [0.1, 0.15) is 43.4 Å².